The van der Waals surface area contributed by atoms with E-state index in [-0.39, 0.29) is 0 Å². The van der Waals surface area contributed by atoms with Crippen LogP contribution in [0.1, 0.15) is 50.4 Å². The SMILES string of the molecule is CC(=Nc1ccc2c(c1)C(NC(=O)OC(C)(C)C)C(O)C2)N(C)Cc1ccc(F)c(F)c1. The maximum absolute atomic E-state index is 13.5. The lowest BCUT2D eigenvalue weighted by molar-refractivity contribution is 0.0438. The summed E-state index contributed by atoms with van der Waals surface area (Å²) in [6.45, 7) is 7.51. The molecule has 3 rings (SSSR count). The first-order chi connectivity index (χ1) is 14.9. The lowest BCUT2D eigenvalue weighted by atomic mass is 10.1. The summed E-state index contributed by atoms with van der Waals surface area (Å²) in [5.74, 6) is -1.09. The monoisotopic (exact) mass is 445 g/mol. The molecule has 0 heterocycles. The van der Waals surface area contributed by atoms with Crippen molar-refractivity contribution in [1.82, 2.24) is 10.2 Å². The van der Waals surface area contributed by atoms with Gasteiger partial charge in [0.25, 0.3) is 0 Å². The largest absolute Gasteiger partial charge is 0.444 e. The summed E-state index contributed by atoms with van der Waals surface area (Å²) in [4.78, 5) is 18.7. The van der Waals surface area contributed by atoms with Crippen LogP contribution in [0.5, 0.6) is 0 Å². The molecule has 0 fully saturated rings. The number of carbonyl (C=O) groups excluding carboxylic acids is 1. The van der Waals surface area contributed by atoms with E-state index in [4.69, 9.17) is 4.74 Å². The van der Waals surface area contributed by atoms with Gasteiger partial charge in [-0.05, 0) is 68.7 Å². The second-order valence-corrected chi connectivity index (χ2v) is 9.04. The zero-order chi connectivity index (χ0) is 23.6. The molecule has 0 radical (unpaired) electrons. The van der Waals surface area contributed by atoms with E-state index in [1.165, 1.54) is 12.1 Å². The number of halogens is 2. The van der Waals surface area contributed by atoms with Gasteiger partial charge in [-0.25, -0.2) is 18.6 Å². The Morgan fingerprint density at radius 3 is 2.59 bits per heavy atom. The van der Waals surface area contributed by atoms with Crippen LogP contribution in [-0.2, 0) is 17.7 Å². The number of aliphatic hydroxyl groups excluding tert-OH is 1. The molecule has 2 aromatic rings. The molecule has 0 spiro atoms. The van der Waals surface area contributed by atoms with Crippen molar-refractivity contribution in [3.05, 3.63) is 64.7 Å². The van der Waals surface area contributed by atoms with Crippen molar-refractivity contribution in [2.75, 3.05) is 7.05 Å². The maximum atomic E-state index is 13.5. The van der Waals surface area contributed by atoms with E-state index < -0.39 is 35.5 Å². The molecule has 8 heteroatoms. The Kier molecular flexibility index (Phi) is 6.83. The van der Waals surface area contributed by atoms with Gasteiger partial charge in [0.05, 0.1) is 17.8 Å². The number of amidine groups is 1. The highest BCUT2D eigenvalue weighted by molar-refractivity contribution is 5.82. The van der Waals surface area contributed by atoms with Crippen LogP contribution < -0.4 is 5.32 Å². The standard InChI is InChI=1S/C24H29F2N3O3/c1-14(29(5)13-15-6-9-19(25)20(26)10-15)27-17-8-7-16-11-21(30)22(18(16)12-17)28-23(31)32-24(2,3)4/h6-10,12,21-22,30H,11,13H2,1-5H3,(H,28,31). The summed E-state index contributed by atoms with van der Waals surface area (Å²) in [6, 6.07) is 8.79. The van der Waals surface area contributed by atoms with Crippen LogP contribution in [0, 0.1) is 11.6 Å². The van der Waals surface area contributed by atoms with Crippen molar-refractivity contribution in [3.63, 3.8) is 0 Å². The number of alkyl carbamates (subject to hydrolysis) is 1. The Morgan fingerprint density at radius 2 is 1.94 bits per heavy atom. The number of benzene rings is 2. The fraction of sp³-hybridized carbons (Fsp3) is 0.417. The topological polar surface area (TPSA) is 74.2 Å². The van der Waals surface area contributed by atoms with Gasteiger partial charge in [0.1, 0.15) is 11.4 Å². The van der Waals surface area contributed by atoms with E-state index in [2.05, 4.69) is 10.3 Å². The number of aliphatic hydroxyl groups is 1. The molecule has 2 aromatic carbocycles. The first-order valence-electron chi connectivity index (χ1n) is 10.4. The van der Waals surface area contributed by atoms with Crippen LogP contribution in [0.3, 0.4) is 0 Å². The van der Waals surface area contributed by atoms with Crippen LogP contribution >= 0.6 is 0 Å². The Labute approximate surface area is 186 Å². The molecule has 0 saturated carbocycles. The highest BCUT2D eigenvalue weighted by Crippen LogP contribution is 2.34. The average molecular weight is 446 g/mol. The van der Waals surface area contributed by atoms with Crippen LogP contribution in [0.2, 0.25) is 0 Å². The molecule has 172 valence electrons. The summed E-state index contributed by atoms with van der Waals surface area (Å²) in [5.41, 5.74) is 2.37. The van der Waals surface area contributed by atoms with E-state index in [1.807, 2.05) is 37.1 Å². The first kappa shape index (κ1) is 23.7. The van der Waals surface area contributed by atoms with Gasteiger partial charge < -0.3 is 20.1 Å². The lowest BCUT2D eigenvalue weighted by Crippen LogP contribution is -2.38. The summed E-state index contributed by atoms with van der Waals surface area (Å²) >= 11 is 0. The van der Waals surface area contributed by atoms with Gasteiger partial charge in [0.2, 0.25) is 0 Å². The number of aliphatic imine (C=N–C) groups is 1. The minimum atomic E-state index is -0.883. The fourth-order valence-electron chi connectivity index (χ4n) is 3.58. The first-order valence-corrected chi connectivity index (χ1v) is 10.4. The number of carbonyl (C=O) groups is 1. The minimum Gasteiger partial charge on any atom is -0.444 e. The van der Waals surface area contributed by atoms with Gasteiger partial charge in [-0.3, -0.25) is 0 Å². The third kappa shape index (κ3) is 5.82. The van der Waals surface area contributed by atoms with Crippen molar-refractivity contribution in [1.29, 1.82) is 0 Å². The van der Waals surface area contributed by atoms with Crippen molar-refractivity contribution in [2.45, 2.75) is 58.4 Å². The van der Waals surface area contributed by atoms with Crippen molar-refractivity contribution in [2.24, 2.45) is 4.99 Å². The van der Waals surface area contributed by atoms with E-state index >= 15 is 0 Å². The fourth-order valence-corrected chi connectivity index (χ4v) is 3.58. The highest BCUT2D eigenvalue weighted by atomic mass is 19.2. The number of rotatable bonds is 4. The maximum Gasteiger partial charge on any atom is 0.408 e. The normalized spacial score (nSPS) is 18.3. The third-order valence-electron chi connectivity index (χ3n) is 5.20. The molecule has 0 bridgehead atoms. The van der Waals surface area contributed by atoms with Gasteiger partial charge in [-0.15, -0.1) is 0 Å². The Bertz CT molecular complexity index is 1030. The summed E-state index contributed by atoms with van der Waals surface area (Å²) in [5, 5.41) is 13.2. The Hall–Kier alpha value is -3.00. The number of hydrogen-bond donors (Lipinski definition) is 2. The number of hydrogen-bond acceptors (Lipinski definition) is 4. The van der Waals surface area contributed by atoms with Crippen LogP contribution in [0.15, 0.2) is 41.4 Å². The molecule has 6 nitrogen and oxygen atoms in total. The summed E-state index contributed by atoms with van der Waals surface area (Å²) in [7, 11) is 1.81. The summed E-state index contributed by atoms with van der Waals surface area (Å²) in [6.07, 6.45) is -0.922. The predicted octanol–water partition coefficient (Wildman–Crippen LogP) is 4.63. The van der Waals surface area contributed by atoms with E-state index in [0.717, 1.165) is 17.2 Å². The van der Waals surface area contributed by atoms with Crippen LogP contribution in [0.4, 0.5) is 19.3 Å². The van der Waals surface area contributed by atoms with Crippen molar-refractivity contribution < 1.29 is 23.4 Å². The zero-order valence-corrected chi connectivity index (χ0v) is 18.9. The number of ether oxygens (including phenoxy) is 1. The molecule has 32 heavy (non-hydrogen) atoms. The predicted molar refractivity (Wildman–Crippen MR) is 119 cm³/mol. The molecular weight excluding hydrogens is 416 g/mol. The smallest absolute Gasteiger partial charge is 0.408 e. The second kappa shape index (κ2) is 9.24. The highest BCUT2D eigenvalue weighted by Gasteiger charge is 2.33. The zero-order valence-electron chi connectivity index (χ0n) is 18.9. The van der Waals surface area contributed by atoms with Crippen molar-refractivity contribution in [3.8, 4) is 0 Å². The third-order valence-corrected chi connectivity index (χ3v) is 5.20. The minimum absolute atomic E-state index is 0.360. The molecule has 1 aliphatic rings. The van der Waals surface area contributed by atoms with Gasteiger partial charge in [-0.2, -0.15) is 0 Å². The van der Waals surface area contributed by atoms with Gasteiger partial charge >= 0.3 is 6.09 Å². The Balaban J connectivity index is 1.75. The van der Waals surface area contributed by atoms with Crippen molar-refractivity contribution >= 4 is 17.6 Å². The molecule has 1 aliphatic carbocycles. The number of nitrogens with zero attached hydrogens (tertiary/aromatic N) is 2. The quantitative estimate of drug-likeness (QED) is 0.532. The molecule has 2 unspecified atom stereocenters. The summed E-state index contributed by atoms with van der Waals surface area (Å²) < 4.78 is 31.9. The molecule has 0 saturated heterocycles. The second-order valence-electron chi connectivity index (χ2n) is 9.04. The van der Waals surface area contributed by atoms with E-state index in [9.17, 15) is 18.7 Å². The molecule has 2 N–H and O–H groups in total. The van der Waals surface area contributed by atoms with E-state index in [0.29, 0.717) is 30.1 Å². The Morgan fingerprint density at radius 1 is 1.22 bits per heavy atom. The molecule has 0 aliphatic heterocycles. The molecular formula is C24H29F2N3O3. The van der Waals surface area contributed by atoms with Gasteiger partial charge in [0.15, 0.2) is 11.6 Å². The van der Waals surface area contributed by atoms with Gasteiger partial charge in [0, 0.05) is 20.0 Å². The molecule has 2 atom stereocenters. The molecule has 1 amide bonds. The average Bonchev–Trinajstić information content (AvgIpc) is 2.98. The van der Waals surface area contributed by atoms with Gasteiger partial charge in [-0.1, -0.05) is 12.1 Å². The van der Waals surface area contributed by atoms with Crippen LogP contribution in [-0.4, -0.2) is 40.7 Å². The number of fused-ring (bicyclic) bond motifs is 1. The lowest BCUT2D eigenvalue weighted by Gasteiger charge is -2.23. The molecule has 0 aromatic heterocycles. The number of amides is 1. The van der Waals surface area contributed by atoms with E-state index in [1.54, 1.807) is 20.8 Å². The van der Waals surface area contributed by atoms with Crippen LogP contribution in [0.25, 0.3) is 0 Å². The number of nitrogens with one attached hydrogen (secondary N) is 1.